The maximum atomic E-state index is 2.49. The minimum Gasteiger partial charge on any atom is -0.0879 e. The van der Waals surface area contributed by atoms with Gasteiger partial charge in [0.25, 0.3) is 0 Å². The summed E-state index contributed by atoms with van der Waals surface area (Å²) < 4.78 is 0. The Hall–Kier alpha value is -0.260. The van der Waals surface area contributed by atoms with Gasteiger partial charge in [0.2, 0.25) is 0 Å². The van der Waals surface area contributed by atoms with E-state index in [0.29, 0.717) is 5.41 Å². The average Bonchev–Trinajstić information content (AvgIpc) is 2.51. The molecule has 0 aromatic carbocycles. The molecule has 1 unspecified atom stereocenters. The van der Waals surface area contributed by atoms with Crippen LogP contribution < -0.4 is 0 Å². The van der Waals surface area contributed by atoms with E-state index in [1.165, 1.54) is 70.6 Å². The van der Waals surface area contributed by atoms with Gasteiger partial charge in [-0.25, -0.2) is 0 Å². The lowest BCUT2D eigenvalue weighted by Crippen LogP contribution is -2.26. The van der Waals surface area contributed by atoms with Gasteiger partial charge in [-0.05, 0) is 43.9 Å². The van der Waals surface area contributed by atoms with Crippen LogP contribution in [0.2, 0.25) is 0 Å². The molecule has 2 fully saturated rings. The quantitative estimate of drug-likeness (QED) is 0.524. The molecule has 1 spiro atoms. The zero-order chi connectivity index (χ0) is 12.1. The molecule has 0 bridgehead atoms. The molecule has 1 atom stereocenters. The van der Waals surface area contributed by atoms with Crippen LogP contribution >= 0.6 is 0 Å². The fourth-order valence-corrected chi connectivity index (χ4v) is 4.40. The van der Waals surface area contributed by atoms with Crippen molar-refractivity contribution < 1.29 is 0 Å². The van der Waals surface area contributed by atoms with E-state index in [9.17, 15) is 0 Å². The lowest BCUT2D eigenvalue weighted by Gasteiger charge is -2.39. The number of hydrogen-bond acceptors (Lipinski definition) is 0. The summed E-state index contributed by atoms with van der Waals surface area (Å²) in [5, 5.41) is 0. The van der Waals surface area contributed by atoms with E-state index in [-0.39, 0.29) is 0 Å². The number of rotatable bonds is 2. The summed E-state index contributed by atoms with van der Waals surface area (Å²) in [6.07, 6.45) is 18.6. The monoisotopic (exact) mass is 234 g/mol. The minimum absolute atomic E-state index is 0.648. The van der Waals surface area contributed by atoms with E-state index in [1.807, 2.05) is 5.57 Å². The molecule has 0 N–H and O–H groups in total. The second kappa shape index (κ2) is 6.07. The van der Waals surface area contributed by atoms with Crippen LogP contribution in [-0.2, 0) is 0 Å². The van der Waals surface area contributed by atoms with Crippen molar-refractivity contribution in [3.8, 4) is 0 Å². The molecule has 17 heavy (non-hydrogen) atoms. The third-order valence-corrected chi connectivity index (χ3v) is 5.31. The van der Waals surface area contributed by atoms with Crippen molar-refractivity contribution in [2.45, 2.75) is 84.5 Å². The van der Waals surface area contributed by atoms with Gasteiger partial charge >= 0.3 is 0 Å². The molecule has 0 heteroatoms. The summed E-state index contributed by atoms with van der Waals surface area (Å²) in [6, 6.07) is 0. The highest BCUT2D eigenvalue weighted by Crippen LogP contribution is 2.51. The first-order chi connectivity index (χ1) is 8.30. The fraction of sp³-hybridized carbons (Fsp3) is 0.882. The predicted octanol–water partition coefficient (Wildman–Crippen LogP) is 5.87. The van der Waals surface area contributed by atoms with Gasteiger partial charge in [-0.3, -0.25) is 0 Å². The zero-order valence-electron chi connectivity index (χ0n) is 11.9. The van der Waals surface area contributed by atoms with Crippen LogP contribution in [0.3, 0.4) is 0 Å². The van der Waals surface area contributed by atoms with Gasteiger partial charge in [0, 0.05) is 0 Å². The first kappa shape index (κ1) is 13.2. The Morgan fingerprint density at radius 1 is 1.12 bits per heavy atom. The van der Waals surface area contributed by atoms with Crippen molar-refractivity contribution in [2.75, 3.05) is 0 Å². The molecule has 0 aromatic heterocycles. The van der Waals surface area contributed by atoms with Crippen LogP contribution in [0.25, 0.3) is 0 Å². The molecule has 2 aliphatic carbocycles. The lowest BCUT2D eigenvalue weighted by atomic mass is 9.66. The van der Waals surface area contributed by atoms with Crippen molar-refractivity contribution in [3.05, 3.63) is 11.6 Å². The summed E-state index contributed by atoms with van der Waals surface area (Å²) in [7, 11) is 0. The first-order valence-corrected chi connectivity index (χ1v) is 7.96. The topological polar surface area (TPSA) is 0 Å². The Morgan fingerprint density at radius 3 is 2.47 bits per heavy atom. The van der Waals surface area contributed by atoms with E-state index >= 15 is 0 Å². The molecule has 2 rings (SSSR count). The van der Waals surface area contributed by atoms with Gasteiger partial charge < -0.3 is 0 Å². The Bertz CT molecular complexity index is 255. The molecule has 98 valence electrons. The second-order valence-corrected chi connectivity index (χ2v) is 6.41. The predicted molar refractivity (Wildman–Crippen MR) is 76.1 cm³/mol. The summed E-state index contributed by atoms with van der Waals surface area (Å²) in [6.45, 7) is 4.64. The van der Waals surface area contributed by atoms with Crippen LogP contribution in [0.5, 0.6) is 0 Å². The highest BCUT2D eigenvalue weighted by atomic mass is 14.4. The lowest BCUT2D eigenvalue weighted by molar-refractivity contribution is 0.219. The van der Waals surface area contributed by atoms with Gasteiger partial charge in [-0.1, -0.05) is 63.5 Å². The summed E-state index contributed by atoms with van der Waals surface area (Å²) >= 11 is 0. The first-order valence-electron chi connectivity index (χ1n) is 7.96. The van der Waals surface area contributed by atoms with Gasteiger partial charge in [-0.2, -0.15) is 0 Å². The van der Waals surface area contributed by atoms with Gasteiger partial charge in [-0.15, -0.1) is 0 Å². The van der Waals surface area contributed by atoms with E-state index in [0.717, 1.165) is 5.92 Å². The van der Waals surface area contributed by atoms with E-state index in [4.69, 9.17) is 0 Å². The highest BCUT2D eigenvalue weighted by Gasteiger charge is 2.37. The van der Waals surface area contributed by atoms with Crippen LogP contribution in [0.15, 0.2) is 11.6 Å². The summed E-state index contributed by atoms with van der Waals surface area (Å²) in [4.78, 5) is 0. The Labute approximate surface area is 108 Å². The van der Waals surface area contributed by atoms with E-state index < -0.39 is 0 Å². The molecule has 0 aliphatic heterocycles. The summed E-state index contributed by atoms with van der Waals surface area (Å²) in [5.41, 5.74) is 2.49. The minimum atomic E-state index is 0.648. The van der Waals surface area contributed by atoms with Crippen LogP contribution in [0.4, 0.5) is 0 Å². The van der Waals surface area contributed by atoms with Crippen LogP contribution in [-0.4, -0.2) is 0 Å². The molecular weight excluding hydrogens is 204 g/mol. The highest BCUT2D eigenvalue weighted by molar-refractivity contribution is 5.17. The van der Waals surface area contributed by atoms with Gasteiger partial charge in [0.05, 0.1) is 0 Å². The second-order valence-electron chi connectivity index (χ2n) is 6.41. The number of hydrogen-bond donors (Lipinski definition) is 0. The third-order valence-electron chi connectivity index (χ3n) is 5.31. The molecule has 0 nitrogen and oxygen atoms in total. The Morgan fingerprint density at radius 2 is 1.82 bits per heavy atom. The van der Waals surface area contributed by atoms with Gasteiger partial charge in [0.15, 0.2) is 0 Å². The van der Waals surface area contributed by atoms with Crippen LogP contribution in [0.1, 0.15) is 84.5 Å². The van der Waals surface area contributed by atoms with Crippen LogP contribution in [0, 0.1) is 11.3 Å². The number of allylic oxidation sites excluding steroid dienone is 2. The van der Waals surface area contributed by atoms with E-state index in [1.54, 1.807) is 0 Å². The third kappa shape index (κ3) is 2.95. The van der Waals surface area contributed by atoms with Crippen molar-refractivity contribution in [1.29, 1.82) is 0 Å². The zero-order valence-corrected chi connectivity index (χ0v) is 11.9. The largest absolute Gasteiger partial charge is 0.0879 e. The Kier molecular flexibility index (Phi) is 4.70. The van der Waals surface area contributed by atoms with Gasteiger partial charge in [0.1, 0.15) is 0 Å². The average molecular weight is 234 g/mol. The van der Waals surface area contributed by atoms with Crippen molar-refractivity contribution >= 4 is 0 Å². The molecule has 2 saturated carbocycles. The maximum Gasteiger partial charge on any atom is -0.00881 e. The molecule has 0 heterocycles. The van der Waals surface area contributed by atoms with Crippen molar-refractivity contribution in [2.24, 2.45) is 11.3 Å². The molecular formula is C17H30. The Balaban J connectivity index is 2.11. The maximum absolute atomic E-state index is 2.49. The molecule has 2 aliphatic rings. The van der Waals surface area contributed by atoms with E-state index in [2.05, 4.69) is 19.9 Å². The molecule has 0 amide bonds. The SMILES string of the molecule is CC=C1CC(CCC)CCCC12CCCCC2. The standard InChI is InChI=1S/C17H30/c1-3-9-15-10-8-13-17(16(4-2)14-15)11-6-5-7-12-17/h4,15H,3,5-14H2,1-2H3. The molecule has 0 aromatic rings. The van der Waals surface area contributed by atoms with Crippen molar-refractivity contribution in [1.82, 2.24) is 0 Å². The molecule has 0 radical (unpaired) electrons. The normalized spacial score (nSPS) is 31.6. The smallest absolute Gasteiger partial charge is 0.00881 e. The fourth-order valence-electron chi connectivity index (χ4n) is 4.40. The summed E-state index contributed by atoms with van der Waals surface area (Å²) in [5.74, 6) is 0.993. The van der Waals surface area contributed by atoms with Crippen molar-refractivity contribution in [3.63, 3.8) is 0 Å². The molecule has 0 saturated heterocycles.